The number of carboxylic acid groups (broad SMARTS) is 2. The molecule has 0 aliphatic rings. The Kier molecular flexibility index (Phi) is 42.3. The van der Waals surface area contributed by atoms with Crippen LogP contribution in [0.2, 0.25) is 0 Å². The number of nitrogens with zero attached hydrogens (tertiary/aromatic N) is 1. The van der Waals surface area contributed by atoms with Gasteiger partial charge in [0.25, 0.3) is 0 Å². The number of aliphatic carboxylic acids is 2. The minimum absolute atomic E-state index is 0.302. The summed E-state index contributed by atoms with van der Waals surface area (Å²) >= 11 is 0. The van der Waals surface area contributed by atoms with Gasteiger partial charge in [-0.05, 0) is 121 Å². The molecule has 9 nitrogen and oxygen atoms in total. The summed E-state index contributed by atoms with van der Waals surface area (Å²) in [5.41, 5.74) is 1.19. The zero-order valence-electron chi connectivity index (χ0n) is 40.8. The van der Waals surface area contributed by atoms with Crippen molar-refractivity contribution in [3.05, 3.63) is 72.4 Å². The quantitative estimate of drug-likeness (QED) is 0.0487. The lowest BCUT2D eigenvalue weighted by Crippen LogP contribution is -2.22. The second-order valence-corrected chi connectivity index (χ2v) is 17.1. The number of benzene rings is 1. The Morgan fingerprint density at radius 2 is 0.781 bits per heavy atom. The third-order valence-electron chi connectivity index (χ3n) is 11.3. The molecule has 0 spiro atoms. The normalized spacial score (nSPS) is 12.0. The molecular weight excluding hydrogens is 803 g/mol. The topological polar surface area (TPSA) is 115 Å². The van der Waals surface area contributed by atoms with Crippen molar-refractivity contribution in [3.63, 3.8) is 0 Å². The molecule has 0 bridgehead atoms. The van der Waals surface area contributed by atoms with Crippen LogP contribution in [0.15, 0.2) is 66.8 Å². The van der Waals surface area contributed by atoms with Crippen molar-refractivity contribution in [2.45, 2.75) is 200 Å². The molecule has 0 unspecified atom stereocenters. The zero-order chi connectivity index (χ0) is 46.2. The van der Waals surface area contributed by atoms with E-state index in [4.69, 9.17) is 29.2 Å². The summed E-state index contributed by atoms with van der Waals surface area (Å²) in [6.07, 6.45) is 48.2. The van der Waals surface area contributed by atoms with Gasteiger partial charge in [-0.15, -0.1) is 0 Å². The number of rotatable bonds is 48. The van der Waals surface area contributed by atoms with Crippen LogP contribution in [-0.4, -0.2) is 79.8 Å². The Bertz CT molecular complexity index is 1250. The van der Waals surface area contributed by atoms with Crippen LogP contribution in [-0.2, 0) is 25.6 Å². The van der Waals surface area contributed by atoms with Gasteiger partial charge in [0.15, 0.2) is 0 Å². The van der Waals surface area contributed by atoms with Crippen molar-refractivity contribution in [3.8, 4) is 11.5 Å². The smallest absolute Gasteiger partial charge is 0.303 e. The highest BCUT2D eigenvalue weighted by Crippen LogP contribution is 2.24. The Morgan fingerprint density at radius 3 is 1.14 bits per heavy atom. The molecule has 0 aromatic heterocycles. The third-order valence-corrected chi connectivity index (χ3v) is 11.3. The fourth-order valence-corrected chi connectivity index (χ4v) is 7.38. The maximum absolute atomic E-state index is 10.5. The van der Waals surface area contributed by atoms with Crippen LogP contribution in [0, 0.1) is 0 Å². The summed E-state index contributed by atoms with van der Waals surface area (Å²) in [5, 5.41) is 17.4. The Morgan fingerprint density at radius 1 is 0.438 bits per heavy atom. The van der Waals surface area contributed by atoms with E-state index in [1.54, 1.807) is 0 Å². The molecule has 0 saturated carbocycles. The molecule has 1 aromatic rings. The van der Waals surface area contributed by atoms with E-state index in [0.29, 0.717) is 39.3 Å². The van der Waals surface area contributed by atoms with Crippen molar-refractivity contribution in [1.82, 2.24) is 4.90 Å². The standard InChI is InChI=1S/C55H93NO8/c1-3-56(4-2)50-51-47-52(63-45-43-61-41-37-33-29-25-21-17-13-9-5-7-11-15-19-23-27-31-35-39-54(57)58)49-53(48-51)64-46-44-62-42-38-34-30-26-22-18-14-10-6-8-12-16-20-24-28-32-36-40-55(59)60/h7-14,47-49H,3-6,15-46,50H2,1-2H3,(H,57,58)(H,59,60). The second-order valence-electron chi connectivity index (χ2n) is 17.1. The SMILES string of the molecule is CCN(CC)Cc1cc(OCCOCCCCCCCC=CCC=CCCCCCCCC(=O)O)cc(OCCOCCCCCCCC=CCC=CCCCCCCCC(=O)O)c1. The van der Waals surface area contributed by atoms with Gasteiger partial charge in [0.2, 0.25) is 0 Å². The van der Waals surface area contributed by atoms with E-state index in [1.165, 1.54) is 82.6 Å². The number of hydrogen-bond donors (Lipinski definition) is 2. The van der Waals surface area contributed by atoms with Crippen LogP contribution >= 0.6 is 0 Å². The molecule has 0 radical (unpaired) electrons. The first-order valence-electron chi connectivity index (χ1n) is 25.8. The lowest BCUT2D eigenvalue weighted by molar-refractivity contribution is -0.138. The molecule has 64 heavy (non-hydrogen) atoms. The van der Waals surface area contributed by atoms with Crippen LogP contribution in [0.4, 0.5) is 0 Å². The Balaban J connectivity index is 2.09. The molecule has 1 aromatic carbocycles. The summed E-state index contributed by atoms with van der Waals surface area (Å²) in [7, 11) is 0. The van der Waals surface area contributed by atoms with Crippen molar-refractivity contribution in [2.24, 2.45) is 0 Å². The van der Waals surface area contributed by atoms with Crippen LogP contribution in [0.3, 0.4) is 0 Å². The zero-order valence-corrected chi connectivity index (χ0v) is 40.8. The molecule has 0 aliphatic heterocycles. The molecule has 0 atom stereocenters. The van der Waals surface area contributed by atoms with Gasteiger partial charge in [-0.25, -0.2) is 0 Å². The fourth-order valence-electron chi connectivity index (χ4n) is 7.38. The van der Waals surface area contributed by atoms with Gasteiger partial charge >= 0.3 is 11.9 Å². The fraction of sp³-hybridized carbons (Fsp3) is 0.709. The Labute approximate surface area is 391 Å². The third kappa shape index (κ3) is 41.3. The van der Waals surface area contributed by atoms with Crippen LogP contribution in [0.25, 0.3) is 0 Å². The van der Waals surface area contributed by atoms with Crippen LogP contribution in [0.5, 0.6) is 11.5 Å². The molecule has 0 heterocycles. The number of allylic oxidation sites excluding steroid dienone is 8. The maximum atomic E-state index is 10.5. The van der Waals surface area contributed by atoms with Gasteiger partial charge in [0, 0.05) is 38.7 Å². The van der Waals surface area contributed by atoms with Gasteiger partial charge < -0.3 is 29.2 Å². The Hall–Kier alpha value is -3.40. The van der Waals surface area contributed by atoms with E-state index in [1.807, 2.05) is 6.07 Å². The van der Waals surface area contributed by atoms with E-state index in [2.05, 4.69) is 79.5 Å². The molecule has 0 aliphatic carbocycles. The summed E-state index contributed by atoms with van der Waals surface area (Å²) in [6.45, 7) is 11.0. The van der Waals surface area contributed by atoms with Gasteiger partial charge in [0.05, 0.1) is 13.2 Å². The summed E-state index contributed by atoms with van der Waals surface area (Å²) in [6, 6.07) is 6.24. The van der Waals surface area contributed by atoms with Gasteiger partial charge in [-0.2, -0.15) is 0 Å². The van der Waals surface area contributed by atoms with Crippen molar-refractivity contribution in [2.75, 3.05) is 52.7 Å². The number of hydrogen-bond acceptors (Lipinski definition) is 7. The van der Waals surface area contributed by atoms with Gasteiger partial charge in [-0.1, -0.05) is 140 Å². The van der Waals surface area contributed by atoms with Crippen molar-refractivity contribution >= 4 is 11.9 Å². The molecule has 1 rings (SSSR count). The van der Waals surface area contributed by atoms with Crippen molar-refractivity contribution in [1.29, 1.82) is 0 Å². The number of carbonyl (C=O) groups is 2. The van der Waals surface area contributed by atoms with E-state index in [0.717, 1.165) is 134 Å². The van der Waals surface area contributed by atoms with Crippen LogP contribution in [0.1, 0.15) is 199 Å². The van der Waals surface area contributed by atoms with E-state index in [9.17, 15) is 9.59 Å². The predicted octanol–water partition coefficient (Wildman–Crippen LogP) is 14.6. The molecular formula is C55H93NO8. The first-order chi connectivity index (χ1) is 31.4. The minimum Gasteiger partial charge on any atom is -0.491 e. The minimum atomic E-state index is -0.683. The first kappa shape index (κ1) is 58.6. The van der Waals surface area contributed by atoms with Crippen LogP contribution < -0.4 is 9.47 Å². The highest BCUT2D eigenvalue weighted by atomic mass is 16.5. The average molecular weight is 896 g/mol. The molecule has 0 fully saturated rings. The lowest BCUT2D eigenvalue weighted by atomic mass is 10.1. The van der Waals surface area contributed by atoms with Gasteiger partial charge in [-0.3, -0.25) is 14.5 Å². The van der Waals surface area contributed by atoms with E-state index < -0.39 is 11.9 Å². The highest BCUT2D eigenvalue weighted by Gasteiger charge is 2.08. The first-order valence-corrected chi connectivity index (χ1v) is 25.8. The van der Waals surface area contributed by atoms with E-state index in [-0.39, 0.29) is 0 Å². The number of carboxylic acids is 2. The lowest BCUT2D eigenvalue weighted by Gasteiger charge is -2.19. The molecule has 9 heteroatoms. The molecule has 0 amide bonds. The summed E-state index contributed by atoms with van der Waals surface area (Å²) in [4.78, 5) is 23.5. The average Bonchev–Trinajstić information content (AvgIpc) is 3.28. The van der Waals surface area contributed by atoms with E-state index >= 15 is 0 Å². The molecule has 2 N–H and O–H groups in total. The molecule has 366 valence electrons. The highest BCUT2D eigenvalue weighted by molar-refractivity contribution is 5.66. The monoisotopic (exact) mass is 896 g/mol. The maximum Gasteiger partial charge on any atom is 0.303 e. The number of unbranched alkanes of at least 4 members (excludes halogenated alkanes) is 20. The number of ether oxygens (including phenoxy) is 4. The summed E-state index contributed by atoms with van der Waals surface area (Å²) in [5.74, 6) is 0.283. The predicted molar refractivity (Wildman–Crippen MR) is 267 cm³/mol. The van der Waals surface area contributed by atoms with Gasteiger partial charge in [0.1, 0.15) is 24.7 Å². The van der Waals surface area contributed by atoms with Crippen molar-refractivity contribution < 1.29 is 38.7 Å². The molecule has 0 saturated heterocycles. The second kappa shape index (κ2) is 46.1. The largest absolute Gasteiger partial charge is 0.491 e. The summed E-state index contributed by atoms with van der Waals surface area (Å²) < 4.78 is 24.1.